The lowest BCUT2D eigenvalue weighted by Crippen LogP contribution is -2.43. The molecule has 110 valence electrons. The Kier molecular flexibility index (Phi) is 4.73. The number of carboxylic acids is 2. The van der Waals surface area contributed by atoms with Gasteiger partial charge in [0, 0.05) is 0 Å². The van der Waals surface area contributed by atoms with Gasteiger partial charge in [0.05, 0.1) is 6.26 Å². The molecule has 21 heavy (non-hydrogen) atoms. The van der Waals surface area contributed by atoms with Gasteiger partial charge in [-0.15, -0.1) is 0 Å². The first-order valence-electron chi connectivity index (χ1n) is 6.37. The van der Waals surface area contributed by atoms with Gasteiger partial charge in [0.2, 0.25) is 0 Å². The first kappa shape index (κ1) is 14.8. The summed E-state index contributed by atoms with van der Waals surface area (Å²) in [5.41, 5.74) is 0.806. The number of benzene rings is 1. The predicted molar refractivity (Wildman–Crippen MR) is 73.8 cm³/mol. The van der Waals surface area contributed by atoms with Gasteiger partial charge in [-0.1, -0.05) is 30.3 Å². The van der Waals surface area contributed by atoms with E-state index in [1.54, 1.807) is 30.3 Å². The minimum absolute atomic E-state index is 0.168. The Labute approximate surface area is 121 Å². The van der Waals surface area contributed by atoms with Crippen LogP contribution in [0.1, 0.15) is 17.4 Å². The van der Waals surface area contributed by atoms with E-state index in [1.165, 1.54) is 12.3 Å². The molecule has 0 saturated carbocycles. The number of rotatable bonds is 7. The Morgan fingerprint density at radius 3 is 2.29 bits per heavy atom. The van der Waals surface area contributed by atoms with Gasteiger partial charge in [0.1, 0.15) is 11.8 Å². The van der Waals surface area contributed by atoms with Crippen molar-refractivity contribution < 1.29 is 24.2 Å². The van der Waals surface area contributed by atoms with Crippen LogP contribution in [0.15, 0.2) is 53.1 Å². The fourth-order valence-corrected chi connectivity index (χ4v) is 2.00. The van der Waals surface area contributed by atoms with E-state index in [0.29, 0.717) is 0 Å². The van der Waals surface area contributed by atoms with E-state index < -0.39 is 24.0 Å². The van der Waals surface area contributed by atoms with E-state index in [9.17, 15) is 19.8 Å². The molecular weight excluding hydrogens is 274 g/mol. The SMILES string of the molecule is O=C(O)[C@H](Cc1ccccc1)N[C@H](C(=O)O)c1ccco1. The maximum Gasteiger partial charge on any atom is 0.328 e. The van der Waals surface area contributed by atoms with E-state index in [0.717, 1.165) is 5.56 Å². The quantitative estimate of drug-likeness (QED) is 0.717. The number of carboxylic acid groups (broad SMARTS) is 2. The van der Waals surface area contributed by atoms with Crippen molar-refractivity contribution in [1.82, 2.24) is 5.32 Å². The van der Waals surface area contributed by atoms with Crippen molar-refractivity contribution in [2.45, 2.75) is 18.5 Å². The lowest BCUT2D eigenvalue weighted by Gasteiger charge is -2.19. The summed E-state index contributed by atoms with van der Waals surface area (Å²) in [4.78, 5) is 22.6. The van der Waals surface area contributed by atoms with Gasteiger partial charge in [-0.2, -0.15) is 0 Å². The number of carbonyl (C=O) groups is 2. The van der Waals surface area contributed by atoms with Crippen LogP contribution in [0.3, 0.4) is 0 Å². The summed E-state index contributed by atoms with van der Waals surface area (Å²) in [5.74, 6) is -2.14. The van der Waals surface area contributed by atoms with Gasteiger partial charge >= 0.3 is 11.9 Å². The molecule has 0 aliphatic carbocycles. The molecule has 3 N–H and O–H groups in total. The highest BCUT2D eigenvalue weighted by atomic mass is 16.4. The maximum absolute atomic E-state index is 11.3. The van der Waals surface area contributed by atoms with Crippen LogP contribution in [0.25, 0.3) is 0 Å². The predicted octanol–water partition coefficient (Wildman–Crippen LogP) is 1.69. The molecule has 0 spiro atoms. The van der Waals surface area contributed by atoms with Crippen molar-refractivity contribution >= 4 is 11.9 Å². The van der Waals surface area contributed by atoms with Gasteiger partial charge in [-0.05, 0) is 24.1 Å². The summed E-state index contributed by atoms with van der Waals surface area (Å²) >= 11 is 0. The minimum Gasteiger partial charge on any atom is -0.480 e. The van der Waals surface area contributed by atoms with Gasteiger partial charge in [-0.3, -0.25) is 14.9 Å². The van der Waals surface area contributed by atoms with Gasteiger partial charge in [0.25, 0.3) is 0 Å². The highest BCUT2D eigenvalue weighted by Gasteiger charge is 2.29. The Balaban J connectivity index is 2.15. The van der Waals surface area contributed by atoms with E-state index in [1.807, 2.05) is 6.07 Å². The van der Waals surface area contributed by atoms with Gasteiger partial charge in [0.15, 0.2) is 6.04 Å². The van der Waals surface area contributed by atoms with Gasteiger partial charge in [-0.25, -0.2) is 0 Å². The largest absolute Gasteiger partial charge is 0.480 e. The highest BCUT2D eigenvalue weighted by Crippen LogP contribution is 2.16. The zero-order valence-corrected chi connectivity index (χ0v) is 11.1. The summed E-state index contributed by atoms with van der Waals surface area (Å²) in [7, 11) is 0. The average Bonchev–Trinajstić information content (AvgIpc) is 2.97. The fraction of sp³-hybridized carbons (Fsp3) is 0.200. The Hall–Kier alpha value is -2.60. The van der Waals surface area contributed by atoms with Crippen LogP contribution in [0.5, 0.6) is 0 Å². The highest BCUT2D eigenvalue weighted by molar-refractivity contribution is 5.78. The zero-order valence-electron chi connectivity index (χ0n) is 11.1. The van der Waals surface area contributed by atoms with Crippen LogP contribution in [0, 0.1) is 0 Å². The minimum atomic E-state index is -1.20. The topological polar surface area (TPSA) is 99.8 Å². The summed E-state index contributed by atoms with van der Waals surface area (Å²) in [6.45, 7) is 0. The molecule has 2 aromatic rings. The lowest BCUT2D eigenvalue weighted by atomic mass is 10.0. The van der Waals surface area contributed by atoms with Crippen molar-refractivity contribution in [2.75, 3.05) is 0 Å². The number of hydrogen-bond acceptors (Lipinski definition) is 4. The molecule has 6 nitrogen and oxygen atoms in total. The third-order valence-corrected chi connectivity index (χ3v) is 3.02. The maximum atomic E-state index is 11.3. The Morgan fingerprint density at radius 1 is 1.05 bits per heavy atom. The standard InChI is InChI=1S/C15H15NO5/c17-14(18)11(9-10-5-2-1-3-6-10)16-13(15(19)20)12-7-4-8-21-12/h1-8,11,13,16H,9H2,(H,17,18)(H,19,20)/t11-,13-/m0/s1. The second-order valence-corrected chi connectivity index (χ2v) is 4.53. The van der Waals surface area contributed by atoms with E-state index in [4.69, 9.17) is 4.42 Å². The molecule has 2 rings (SSSR count). The van der Waals surface area contributed by atoms with Crippen molar-refractivity contribution in [3.8, 4) is 0 Å². The molecular formula is C15H15NO5. The second kappa shape index (κ2) is 6.71. The lowest BCUT2D eigenvalue weighted by molar-refractivity contribution is -0.143. The zero-order chi connectivity index (χ0) is 15.2. The summed E-state index contributed by atoms with van der Waals surface area (Å²) in [5, 5.41) is 21.1. The molecule has 0 radical (unpaired) electrons. The first-order chi connectivity index (χ1) is 10.1. The molecule has 0 fully saturated rings. The van der Waals surface area contributed by atoms with Gasteiger partial charge < -0.3 is 14.6 Å². The van der Waals surface area contributed by atoms with Crippen molar-refractivity contribution in [3.63, 3.8) is 0 Å². The molecule has 2 atom stereocenters. The molecule has 0 unspecified atom stereocenters. The molecule has 0 saturated heterocycles. The number of furan rings is 1. The van der Waals surface area contributed by atoms with E-state index in [2.05, 4.69) is 5.32 Å². The Morgan fingerprint density at radius 2 is 1.76 bits per heavy atom. The number of hydrogen-bond donors (Lipinski definition) is 3. The molecule has 0 aliphatic rings. The first-order valence-corrected chi connectivity index (χ1v) is 6.37. The van der Waals surface area contributed by atoms with Crippen LogP contribution < -0.4 is 5.32 Å². The summed E-state index contributed by atoms with van der Waals surface area (Å²) in [6, 6.07) is 9.83. The third-order valence-electron chi connectivity index (χ3n) is 3.02. The van der Waals surface area contributed by atoms with Crippen LogP contribution in [-0.2, 0) is 16.0 Å². The average molecular weight is 289 g/mol. The van der Waals surface area contributed by atoms with E-state index >= 15 is 0 Å². The third kappa shape index (κ3) is 3.93. The van der Waals surface area contributed by atoms with Crippen LogP contribution in [-0.4, -0.2) is 28.2 Å². The van der Waals surface area contributed by atoms with Crippen molar-refractivity contribution in [2.24, 2.45) is 0 Å². The monoisotopic (exact) mass is 289 g/mol. The summed E-state index contributed by atoms with van der Waals surface area (Å²) < 4.78 is 5.05. The Bertz CT molecular complexity index is 594. The van der Waals surface area contributed by atoms with Crippen molar-refractivity contribution in [1.29, 1.82) is 0 Å². The van der Waals surface area contributed by atoms with E-state index in [-0.39, 0.29) is 12.2 Å². The van der Waals surface area contributed by atoms with Crippen LogP contribution in [0.4, 0.5) is 0 Å². The van der Waals surface area contributed by atoms with Crippen LogP contribution >= 0.6 is 0 Å². The van der Waals surface area contributed by atoms with Crippen LogP contribution in [0.2, 0.25) is 0 Å². The molecule has 1 aromatic heterocycles. The normalized spacial score (nSPS) is 13.5. The fourth-order valence-electron chi connectivity index (χ4n) is 2.00. The molecule has 0 bridgehead atoms. The number of nitrogens with one attached hydrogen (secondary N) is 1. The summed E-state index contributed by atoms with van der Waals surface area (Å²) in [6.07, 6.45) is 1.53. The molecule has 1 heterocycles. The second-order valence-electron chi connectivity index (χ2n) is 4.53. The number of aliphatic carboxylic acids is 2. The van der Waals surface area contributed by atoms with Crippen molar-refractivity contribution in [3.05, 3.63) is 60.1 Å². The molecule has 0 aliphatic heterocycles. The molecule has 6 heteroatoms. The molecule has 0 amide bonds. The molecule has 1 aromatic carbocycles. The smallest absolute Gasteiger partial charge is 0.328 e.